The normalized spacial score (nSPS) is 16.4. The second kappa shape index (κ2) is 11.9. The molecule has 1 unspecified atom stereocenters. The summed E-state index contributed by atoms with van der Waals surface area (Å²) in [4.78, 5) is 17.5. The Bertz CT molecular complexity index is 1290. The molecule has 0 saturated heterocycles. The number of aliphatic hydroxyl groups is 1. The van der Waals surface area contributed by atoms with Gasteiger partial charge in [0.15, 0.2) is 0 Å². The quantitative estimate of drug-likeness (QED) is 0.427. The number of aliphatic carboxylic acids is 1. The molecule has 7 nitrogen and oxygen atoms in total. The van der Waals surface area contributed by atoms with Crippen LogP contribution in [0.15, 0.2) is 48.7 Å². The van der Waals surface area contributed by atoms with Crippen LogP contribution in [-0.4, -0.2) is 41.2 Å². The molecule has 1 aliphatic rings. The minimum Gasteiger partial charge on any atom is -0.550 e. The van der Waals surface area contributed by atoms with Gasteiger partial charge in [-0.15, -0.1) is 0 Å². The Balaban J connectivity index is 1.68. The lowest BCUT2D eigenvalue weighted by Crippen LogP contribution is -2.33. The molecule has 8 heteroatoms. The minimum atomic E-state index is -1.31. The summed E-state index contributed by atoms with van der Waals surface area (Å²) in [5.74, 6) is -1.80. The number of fused-ring (bicyclic) bond motifs is 1. The van der Waals surface area contributed by atoms with E-state index in [1.165, 1.54) is 20.2 Å². The number of carbonyl (C=O) groups excluding carboxylic acids is 1. The van der Waals surface area contributed by atoms with Gasteiger partial charge in [0.25, 0.3) is 0 Å². The number of nitrogens with zero attached hydrogens (tertiary/aromatic N) is 2. The van der Waals surface area contributed by atoms with E-state index in [9.17, 15) is 19.4 Å². The molecule has 0 bridgehead atoms. The highest BCUT2D eigenvalue weighted by Crippen LogP contribution is 2.39. The highest BCUT2D eigenvalue weighted by molar-refractivity contribution is 5.69. The molecule has 2 aromatic carbocycles. The van der Waals surface area contributed by atoms with E-state index in [2.05, 4.69) is 29.8 Å². The van der Waals surface area contributed by atoms with E-state index in [0.717, 1.165) is 48.2 Å². The first-order valence-corrected chi connectivity index (χ1v) is 13.0. The number of rotatable bonds is 10. The first-order chi connectivity index (χ1) is 18.2. The molecule has 1 N–H and O–H groups in total. The lowest BCUT2D eigenvalue weighted by molar-refractivity contribution is -0.313. The van der Waals surface area contributed by atoms with Gasteiger partial charge in [-0.25, -0.2) is 9.37 Å². The molecule has 202 valence electrons. The van der Waals surface area contributed by atoms with Crippen molar-refractivity contribution < 1.29 is 28.9 Å². The Hall–Kier alpha value is -3.49. The lowest BCUT2D eigenvalue weighted by Gasteiger charge is -2.29. The summed E-state index contributed by atoms with van der Waals surface area (Å²) in [7, 11) is 1.51. The molecule has 0 radical (unpaired) electrons. The Kier molecular flexibility index (Phi) is 8.64. The topological polar surface area (TPSA) is 95.0 Å². The van der Waals surface area contributed by atoms with Gasteiger partial charge in [-0.3, -0.25) is 4.90 Å². The van der Waals surface area contributed by atoms with Gasteiger partial charge >= 0.3 is 0 Å². The van der Waals surface area contributed by atoms with Crippen LogP contribution in [0.1, 0.15) is 61.7 Å². The summed E-state index contributed by atoms with van der Waals surface area (Å²) in [5, 5.41) is 21.7. The van der Waals surface area contributed by atoms with Crippen molar-refractivity contribution in [3.8, 4) is 22.8 Å². The summed E-state index contributed by atoms with van der Waals surface area (Å²) < 4.78 is 26.5. The number of carboxylic acid groups (broad SMARTS) is 1. The molecule has 3 aromatic rings. The number of hydrogen-bond donors (Lipinski definition) is 1. The number of hydrogen-bond acceptors (Lipinski definition) is 7. The third-order valence-electron chi connectivity index (χ3n) is 7.34. The second-order valence-electron chi connectivity index (χ2n) is 9.65. The zero-order valence-corrected chi connectivity index (χ0v) is 22.2. The molecule has 0 fully saturated rings. The van der Waals surface area contributed by atoms with Gasteiger partial charge in [0.2, 0.25) is 5.88 Å². The monoisotopic (exact) mass is 521 g/mol. The molecule has 1 aliphatic heterocycles. The van der Waals surface area contributed by atoms with Crippen molar-refractivity contribution in [2.75, 3.05) is 20.2 Å². The number of aryl methyl sites for hydroxylation is 1. The SMILES string of the molecule is CCN(CC)Cc1cc(C2CCc3ccc([C@H](O)[C@H](C)C(=O)[O-])cc3O2)ccc1-c1cc(OC)ncc1F. The van der Waals surface area contributed by atoms with Crippen LogP contribution in [-0.2, 0) is 17.8 Å². The maximum Gasteiger partial charge on any atom is 0.213 e. The van der Waals surface area contributed by atoms with Crippen LogP contribution in [0.3, 0.4) is 0 Å². The highest BCUT2D eigenvalue weighted by atomic mass is 19.1. The van der Waals surface area contributed by atoms with Gasteiger partial charge in [-0.05, 0) is 59.8 Å². The van der Waals surface area contributed by atoms with E-state index in [0.29, 0.717) is 29.3 Å². The van der Waals surface area contributed by atoms with Crippen LogP contribution in [0.5, 0.6) is 11.6 Å². The number of ether oxygens (including phenoxy) is 2. The van der Waals surface area contributed by atoms with Crippen molar-refractivity contribution >= 4 is 5.97 Å². The molecule has 0 amide bonds. The number of aliphatic hydroxyl groups excluding tert-OH is 1. The highest BCUT2D eigenvalue weighted by Gasteiger charge is 2.25. The molecule has 3 atom stereocenters. The summed E-state index contributed by atoms with van der Waals surface area (Å²) in [5.41, 5.74) is 4.62. The Labute approximate surface area is 222 Å². The molecule has 4 rings (SSSR count). The molecular weight excluding hydrogens is 487 g/mol. The lowest BCUT2D eigenvalue weighted by atomic mass is 9.91. The fourth-order valence-electron chi connectivity index (χ4n) is 4.86. The molecule has 2 heterocycles. The predicted octanol–water partition coefficient (Wildman–Crippen LogP) is 4.22. The standard InChI is InChI=1S/C30H35FN2O5/c1-5-33(6-2)17-22-13-20(9-11-23(22)24-15-28(37-4)32-16-25(24)31)26-12-10-19-7-8-21(14-27(19)38-26)29(34)18(3)30(35)36/h7-9,11,13-16,18,26,29,34H,5-6,10,12,17H2,1-4H3,(H,35,36)/p-1/t18-,26?,29+/m0/s1. The fourth-order valence-corrected chi connectivity index (χ4v) is 4.86. The van der Waals surface area contributed by atoms with Gasteiger partial charge in [0.05, 0.1) is 19.4 Å². The smallest absolute Gasteiger partial charge is 0.213 e. The van der Waals surface area contributed by atoms with E-state index in [1.54, 1.807) is 18.2 Å². The van der Waals surface area contributed by atoms with Crippen molar-refractivity contribution in [2.24, 2.45) is 5.92 Å². The maximum absolute atomic E-state index is 14.9. The van der Waals surface area contributed by atoms with E-state index in [1.807, 2.05) is 18.2 Å². The van der Waals surface area contributed by atoms with E-state index in [-0.39, 0.29) is 6.10 Å². The first-order valence-electron chi connectivity index (χ1n) is 13.0. The number of benzene rings is 2. The van der Waals surface area contributed by atoms with Crippen molar-refractivity contribution in [2.45, 2.75) is 52.4 Å². The van der Waals surface area contributed by atoms with Crippen molar-refractivity contribution in [3.05, 3.63) is 76.7 Å². The van der Waals surface area contributed by atoms with Crippen LogP contribution in [0, 0.1) is 11.7 Å². The molecular formula is C30H34FN2O5-. The van der Waals surface area contributed by atoms with Crippen LogP contribution in [0.4, 0.5) is 4.39 Å². The van der Waals surface area contributed by atoms with Gasteiger partial charge in [-0.1, -0.05) is 51.1 Å². The van der Waals surface area contributed by atoms with Crippen molar-refractivity contribution in [1.82, 2.24) is 9.88 Å². The number of carbonyl (C=O) groups is 1. The predicted molar refractivity (Wildman–Crippen MR) is 140 cm³/mol. The van der Waals surface area contributed by atoms with Crippen LogP contribution >= 0.6 is 0 Å². The molecule has 1 aromatic heterocycles. The van der Waals surface area contributed by atoms with E-state index < -0.39 is 23.8 Å². The summed E-state index contributed by atoms with van der Waals surface area (Å²) in [6.07, 6.45) is 1.27. The maximum atomic E-state index is 14.9. The minimum absolute atomic E-state index is 0.241. The largest absolute Gasteiger partial charge is 0.550 e. The zero-order chi connectivity index (χ0) is 27.4. The van der Waals surface area contributed by atoms with Crippen molar-refractivity contribution in [1.29, 1.82) is 0 Å². The first kappa shape index (κ1) is 27.5. The Morgan fingerprint density at radius 1 is 1.21 bits per heavy atom. The average molecular weight is 522 g/mol. The summed E-state index contributed by atoms with van der Waals surface area (Å²) in [6.45, 7) is 7.95. The number of halogens is 1. The Morgan fingerprint density at radius 2 is 1.97 bits per heavy atom. The third kappa shape index (κ3) is 5.81. The number of methoxy groups -OCH3 is 1. The number of carboxylic acids is 1. The summed E-state index contributed by atoms with van der Waals surface area (Å²) in [6, 6.07) is 12.9. The zero-order valence-electron chi connectivity index (χ0n) is 22.2. The van der Waals surface area contributed by atoms with Crippen LogP contribution < -0.4 is 14.6 Å². The Morgan fingerprint density at radius 3 is 2.66 bits per heavy atom. The molecule has 38 heavy (non-hydrogen) atoms. The number of aromatic nitrogens is 1. The average Bonchev–Trinajstić information content (AvgIpc) is 2.94. The van der Waals surface area contributed by atoms with Gasteiger partial charge in [0, 0.05) is 30.1 Å². The van der Waals surface area contributed by atoms with E-state index in [4.69, 9.17) is 9.47 Å². The van der Waals surface area contributed by atoms with E-state index >= 15 is 0 Å². The molecule has 0 saturated carbocycles. The second-order valence-corrected chi connectivity index (χ2v) is 9.65. The summed E-state index contributed by atoms with van der Waals surface area (Å²) >= 11 is 0. The fraction of sp³-hybridized carbons (Fsp3) is 0.400. The third-order valence-corrected chi connectivity index (χ3v) is 7.34. The number of pyridine rings is 1. The van der Waals surface area contributed by atoms with Gasteiger partial charge < -0.3 is 24.5 Å². The van der Waals surface area contributed by atoms with Gasteiger partial charge in [0.1, 0.15) is 17.7 Å². The van der Waals surface area contributed by atoms with Crippen LogP contribution in [0.25, 0.3) is 11.1 Å². The van der Waals surface area contributed by atoms with Crippen molar-refractivity contribution in [3.63, 3.8) is 0 Å². The molecule has 0 spiro atoms. The molecule has 0 aliphatic carbocycles. The van der Waals surface area contributed by atoms with Crippen LogP contribution in [0.2, 0.25) is 0 Å². The van der Waals surface area contributed by atoms with Gasteiger partial charge in [-0.2, -0.15) is 0 Å².